The van der Waals surface area contributed by atoms with Gasteiger partial charge >= 0.3 is 18.0 Å². The number of amides is 1. The molecular weight excluding hydrogens is 582 g/mol. The molecule has 2 aromatic rings. The highest BCUT2D eigenvalue weighted by Gasteiger charge is 2.73. The summed E-state index contributed by atoms with van der Waals surface area (Å²) in [5.41, 5.74) is -7.23. The van der Waals surface area contributed by atoms with Crippen LogP contribution in [0.3, 0.4) is 0 Å². The highest BCUT2D eigenvalue weighted by molar-refractivity contribution is 7.92. The molecular formula is C28H25F8NO3S. The number of rotatable bonds is 4. The van der Waals surface area contributed by atoms with Crippen molar-refractivity contribution in [3.05, 3.63) is 76.6 Å². The number of carbonyl (C=O) groups excluding carboxylic acids is 1. The Bertz CT molecular complexity index is 1500. The van der Waals surface area contributed by atoms with Crippen molar-refractivity contribution in [3.8, 4) is 0 Å². The maximum Gasteiger partial charge on any atom is 0.435 e. The molecule has 5 rings (SSSR count). The molecule has 222 valence electrons. The van der Waals surface area contributed by atoms with Crippen molar-refractivity contribution in [2.24, 2.45) is 0 Å². The molecule has 3 aliphatic rings. The number of hydrogen-bond donors (Lipinski definition) is 0. The normalized spacial score (nSPS) is 23.6. The Morgan fingerprint density at radius 1 is 0.927 bits per heavy atom. The van der Waals surface area contributed by atoms with Crippen molar-refractivity contribution < 1.29 is 48.3 Å². The van der Waals surface area contributed by atoms with Crippen LogP contribution in [-0.4, -0.2) is 44.2 Å². The van der Waals surface area contributed by atoms with Gasteiger partial charge in [0.05, 0.1) is 10.9 Å². The van der Waals surface area contributed by atoms with Gasteiger partial charge in [0, 0.05) is 17.7 Å². The van der Waals surface area contributed by atoms with Gasteiger partial charge in [0.1, 0.15) is 10.6 Å². The van der Waals surface area contributed by atoms with Crippen LogP contribution >= 0.6 is 0 Å². The molecule has 2 unspecified atom stereocenters. The van der Waals surface area contributed by atoms with Crippen LogP contribution in [0.4, 0.5) is 35.1 Å². The Hall–Kier alpha value is -2.96. The van der Waals surface area contributed by atoms with Gasteiger partial charge in [-0.1, -0.05) is 30.3 Å². The van der Waals surface area contributed by atoms with Crippen LogP contribution in [0.25, 0.3) is 0 Å². The number of carbonyl (C=O) groups is 1. The zero-order valence-electron chi connectivity index (χ0n) is 21.5. The van der Waals surface area contributed by atoms with Crippen LogP contribution in [0.1, 0.15) is 55.2 Å². The summed E-state index contributed by atoms with van der Waals surface area (Å²) in [6.45, 7) is -0.0608. The Kier molecular flexibility index (Phi) is 7.06. The Morgan fingerprint density at radius 3 is 2.24 bits per heavy atom. The molecule has 41 heavy (non-hydrogen) atoms. The minimum Gasteiger partial charge on any atom is -0.334 e. The fourth-order valence-corrected chi connectivity index (χ4v) is 8.93. The molecule has 2 aromatic carbocycles. The van der Waals surface area contributed by atoms with Gasteiger partial charge in [-0.05, 0) is 74.3 Å². The number of aryl methyl sites for hydroxylation is 1. The molecule has 1 heterocycles. The van der Waals surface area contributed by atoms with E-state index in [0.717, 1.165) is 43.2 Å². The van der Waals surface area contributed by atoms with Crippen LogP contribution in [0.15, 0.2) is 59.0 Å². The second-order valence-electron chi connectivity index (χ2n) is 10.7. The number of alkyl halides is 7. The smallest absolute Gasteiger partial charge is 0.334 e. The first kappa shape index (κ1) is 29.5. The Labute approximate surface area is 230 Å². The van der Waals surface area contributed by atoms with Gasteiger partial charge in [0.25, 0.3) is 0 Å². The minimum absolute atomic E-state index is 0.0608. The number of nitrogens with zero attached hydrogens (tertiary/aromatic N) is 1. The molecule has 0 bridgehead atoms. The Morgan fingerprint density at radius 2 is 1.63 bits per heavy atom. The average Bonchev–Trinajstić information content (AvgIpc) is 3.33. The molecule has 0 radical (unpaired) electrons. The van der Waals surface area contributed by atoms with Gasteiger partial charge in [-0.3, -0.25) is 4.79 Å². The van der Waals surface area contributed by atoms with E-state index in [0.29, 0.717) is 30.5 Å². The van der Waals surface area contributed by atoms with E-state index in [4.69, 9.17) is 0 Å². The van der Waals surface area contributed by atoms with Gasteiger partial charge in [-0.2, -0.15) is 26.3 Å². The number of sulfone groups is 1. The van der Waals surface area contributed by atoms with E-state index in [-0.39, 0.29) is 42.8 Å². The second-order valence-corrected chi connectivity index (χ2v) is 12.9. The summed E-state index contributed by atoms with van der Waals surface area (Å²) in [5, 5.41) is 0. The van der Waals surface area contributed by atoms with Crippen molar-refractivity contribution in [1.82, 2.24) is 4.90 Å². The largest absolute Gasteiger partial charge is 0.435 e. The second kappa shape index (κ2) is 9.81. The van der Waals surface area contributed by atoms with Gasteiger partial charge in [0.2, 0.25) is 5.91 Å². The first-order chi connectivity index (χ1) is 19.1. The van der Waals surface area contributed by atoms with E-state index in [1.807, 2.05) is 0 Å². The summed E-state index contributed by atoms with van der Waals surface area (Å²) in [7, 11) is -4.59. The lowest BCUT2D eigenvalue weighted by atomic mass is 9.76. The lowest BCUT2D eigenvalue weighted by molar-refractivity contribution is -0.348. The minimum atomic E-state index is -6.34. The van der Waals surface area contributed by atoms with Gasteiger partial charge in [0.15, 0.2) is 9.84 Å². The number of hydrogen-bond acceptors (Lipinski definition) is 3. The summed E-state index contributed by atoms with van der Waals surface area (Å²) in [6, 6.07) is 4.57. The van der Waals surface area contributed by atoms with Crippen LogP contribution in [0.5, 0.6) is 0 Å². The third kappa shape index (κ3) is 4.37. The maximum atomic E-state index is 14.9. The fraction of sp³-hybridized carbons (Fsp3) is 0.464. The third-order valence-corrected chi connectivity index (χ3v) is 11.0. The first-order valence-electron chi connectivity index (χ1n) is 13.0. The average molecular weight is 608 g/mol. The Balaban J connectivity index is 1.70. The SMILES string of the molecule is O=C(C1=CCCCC1)N1CCC2(S(=O)(=O)c3cccc(F)c3)c3ccc(C(F)(C(F)(F)F)C(F)(F)F)cc3CCC12. The van der Waals surface area contributed by atoms with Crippen molar-refractivity contribution in [2.75, 3.05) is 6.54 Å². The monoisotopic (exact) mass is 607 g/mol. The van der Waals surface area contributed by atoms with Crippen molar-refractivity contribution in [2.45, 2.75) is 78.7 Å². The van der Waals surface area contributed by atoms with E-state index >= 15 is 0 Å². The molecule has 1 fully saturated rings. The molecule has 4 nitrogen and oxygen atoms in total. The molecule has 0 aromatic heterocycles. The molecule has 2 atom stereocenters. The predicted octanol–water partition coefficient (Wildman–Crippen LogP) is 6.83. The maximum absolute atomic E-state index is 14.9. The zero-order valence-corrected chi connectivity index (χ0v) is 22.3. The summed E-state index contributed by atoms with van der Waals surface area (Å²) >= 11 is 0. The number of likely N-dealkylation sites (tertiary alicyclic amines) is 1. The van der Waals surface area contributed by atoms with Gasteiger partial charge in [-0.15, -0.1) is 0 Å². The lowest BCUT2D eigenvalue weighted by Crippen LogP contribution is -2.53. The van der Waals surface area contributed by atoms with Gasteiger partial charge in [-0.25, -0.2) is 17.2 Å². The molecule has 13 heteroatoms. The van der Waals surface area contributed by atoms with Crippen LogP contribution < -0.4 is 0 Å². The molecule has 0 spiro atoms. The third-order valence-electron chi connectivity index (χ3n) is 8.48. The van der Waals surface area contributed by atoms with Crippen molar-refractivity contribution in [1.29, 1.82) is 0 Å². The fourth-order valence-electron chi connectivity index (χ4n) is 6.53. The molecule has 2 aliphatic carbocycles. The number of allylic oxidation sites excluding steroid dienone is 1. The summed E-state index contributed by atoms with van der Waals surface area (Å²) in [4.78, 5) is 14.5. The standard InChI is InChI=1S/C28H25F8NO3S/c29-20-7-4-8-21(16-20)41(39,40)25-13-14-37(24(38)17-5-2-1-3-6-17)23(25)12-9-18-15-19(10-11-22(18)25)26(30,27(31,32)33)28(34,35)36/h4-5,7-8,10-11,15-16,23H,1-3,6,9,12-14H2. The van der Waals surface area contributed by atoms with Crippen molar-refractivity contribution in [3.63, 3.8) is 0 Å². The van der Waals surface area contributed by atoms with Crippen molar-refractivity contribution >= 4 is 15.7 Å². The van der Waals surface area contributed by atoms with Crippen LogP contribution in [0.2, 0.25) is 0 Å². The molecule has 1 aliphatic heterocycles. The lowest BCUT2D eigenvalue weighted by Gasteiger charge is -2.43. The molecule has 1 amide bonds. The van der Waals surface area contributed by atoms with Crippen LogP contribution in [0, 0.1) is 5.82 Å². The summed E-state index contributed by atoms with van der Waals surface area (Å²) < 4.78 is 137. The summed E-state index contributed by atoms with van der Waals surface area (Å²) in [6.07, 6.45) is -8.66. The number of fused-ring (bicyclic) bond motifs is 3. The highest BCUT2D eigenvalue weighted by Crippen LogP contribution is 2.57. The summed E-state index contributed by atoms with van der Waals surface area (Å²) in [5.74, 6) is -1.26. The first-order valence-corrected chi connectivity index (χ1v) is 14.5. The molecule has 1 saturated heterocycles. The van der Waals surface area contributed by atoms with E-state index in [9.17, 15) is 48.3 Å². The molecule has 0 saturated carbocycles. The predicted molar refractivity (Wildman–Crippen MR) is 132 cm³/mol. The zero-order chi connectivity index (χ0) is 30.0. The van der Waals surface area contributed by atoms with E-state index in [2.05, 4.69) is 0 Å². The number of halogens is 8. The quantitative estimate of drug-likeness (QED) is 0.358. The van der Waals surface area contributed by atoms with E-state index in [1.165, 1.54) is 4.90 Å². The van der Waals surface area contributed by atoms with Gasteiger partial charge < -0.3 is 4.90 Å². The topological polar surface area (TPSA) is 54.5 Å². The highest BCUT2D eigenvalue weighted by atomic mass is 32.2. The van der Waals surface area contributed by atoms with Crippen LogP contribution in [-0.2, 0) is 31.5 Å². The van der Waals surface area contributed by atoms with E-state index in [1.54, 1.807) is 6.08 Å². The number of benzene rings is 2. The van der Waals surface area contributed by atoms with E-state index < -0.39 is 54.9 Å². The molecule has 0 N–H and O–H groups in total.